The number of sulfone groups is 1. The lowest BCUT2D eigenvalue weighted by molar-refractivity contribution is 0.601. The van der Waals surface area contributed by atoms with Gasteiger partial charge in [-0.3, -0.25) is 0 Å². The molecule has 1 unspecified atom stereocenters. The van der Waals surface area contributed by atoms with E-state index in [1.54, 1.807) is 6.07 Å². The van der Waals surface area contributed by atoms with Gasteiger partial charge in [-0.1, -0.05) is 12.1 Å². The largest absolute Gasteiger partial charge is 0.316 e. The summed E-state index contributed by atoms with van der Waals surface area (Å²) >= 11 is 0. The van der Waals surface area contributed by atoms with E-state index in [-0.39, 0.29) is 0 Å². The lowest BCUT2D eigenvalue weighted by atomic mass is 9.97. The minimum Gasteiger partial charge on any atom is -0.316 e. The highest BCUT2D eigenvalue weighted by Gasteiger charge is 2.18. The molecule has 0 bridgehead atoms. The Hall–Kier alpha value is -0.870. The molecule has 0 aromatic heterocycles. The number of hydrogen-bond donors (Lipinski definition) is 1. The zero-order valence-corrected chi connectivity index (χ0v) is 10.5. The summed E-state index contributed by atoms with van der Waals surface area (Å²) in [5.41, 5.74) is 2.10. The Labute approximate surface area is 96.8 Å². The molecule has 16 heavy (non-hydrogen) atoms. The third-order valence-corrected chi connectivity index (χ3v) is 4.39. The predicted octanol–water partition coefficient (Wildman–Crippen LogP) is 1.48. The van der Waals surface area contributed by atoms with Gasteiger partial charge in [-0.05, 0) is 43.0 Å². The smallest absolute Gasteiger partial charge is 0.175 e. The van der Waals surface area contributed by atoms with Crippen molar-refractivity contribution in [2.75, 3.05) is 19.3 Å². The molecule has 0 saturated carbocycles. The van der Waals surface area contributed by atoms with Gasteiger partial charge in [0, 0.05) is 12.8 Å². The number of nitrogens with one attached hydrogen (secondary N) is 1. The maximum atomic E-state index is 11.5. The van der Waals surface area contributed by atoms with Crippen molar-refractivity contribution in [2.45, 2.75) is 24.2 Å². The van der Waals surface area contributed by atoms with Gasteiger partial charge < -0.3 is 5.32 Å². The monoisotopic (exact) mass is 239 g/mol. The van der Waals surface area contributed by atoms with Crippen LogP contribution >= 0.6 is 0 Å². The van der Waals surface area contributed by atoms with Gasteiger partial charge in [0.25, 0.3) is 0 Å². The molecule has 1 N–H and O–H groups in total. The fraction of sp³-hybridized carbons (Fsp3) is 0.500. The van der Waals surface area contributed by atoms with E-state index in [1.165, 1.54) is 11.8 Å². The second-order valence-electron chi connectivity index (χ2n) is 4.49. The Bertz CT molecular complexity index is 488. The van der Waals surface area contributed by atoms with Crippen LogP contribution in [0.1, 0.15) is 23.5 Å². The van der Waals surface area contributed by atoms with Crippen LogP contribution in [-0.2, 0) is 9.84 Å². The maximum Gasteiger partial charge on any atom is 0.175 e. The van der Waals surface area contributed by atoms with Crippen LogP contribution in [0.5, 0.6) is 0 Å². The zero-order chi connectivity index (χ0) is 11.8. The van der Waals surface area contributed by atoms with Crippen molar-refractivity contribution >= 4 is 9.84 Å². The molecule has 0 spiro atoms. The molecular weight excluding hydrogens is 222 g/mol. The van der Waals surface area contributed by atoms with Crippen LogP contribution in [0.4, 0.5) is 0 Å². The maximum absolute atomic E-state index is 11.5. The Kier molecular flexibility index (Phi) is 3.04. The SMILES string of the molecule is Cc1cc(C2CCNC2)ccc1S(C)(=O)=O. The number of hydrogen-bond acceptors (Lipinski definition) is 3. The van der Waals surface area contributed by atoms with Crippen molar-refractivity contribution in [1.29, 1.82) is 0 Å². The van der Waals surface area contributed by atoms with Gasteiger partial charge in [0.05, 0.1) is 4.90 Å². The molecular formula is C12H17NO2S. The molecule has 0 aliphatic carbocycles. The van der Waals surface area contributed by atoms with Gasteiger partial charge in [0.2, 0.25) is 0 Å². The summed E-state index contributed by atoms with van der Waals surface area (Å²) in [6.45, 7) is 3.91. The quantitative estimate of drug-likeness (QED) is 0.850. The summed E-state index contributed by atoms with van der Waals surface area (Å²) in [5.74, 6) is 0.535. The first-order valence-corrected chi connectivity index (χ1v) is 7.39. The summed E-state index contributed by atoms with van der Waals surface area (Å²) < 4.78 is 22.9. The molecule has 0 radical (unpaired) electrons. The molecule has 1 aromatic rings. The zero-order valence-electron chi connectivity index (χ0n) is 9.66. The second kappa shape index (κ2) is 4.18. The first-order chi connectivity index (χ1) is 7.48. The fourth-order valence-electron chi connectivity index (χ4n) is 2.28. The molecule has 1 aliphatic rings. The van der Waals surface area contributed by atoms with Gasteiger partial charge in [-0.15, -0.1) is 0 Å². The lowest BCUT2D eigenvalue weighted by Crippen LogP contribution is -2.08. The summed E-state index contributed by atoms with van der Waals surface area (Å²) in [7, 11) is -3.09. The van der Waals surface area contributed by atoms with Crippen LogP contribution in [0.15, 0.2) is 23.1 Å². The molecule has 1 atom stereocenters. The number of rotatable bonds is 2. The van der Waals surface area contributed by atoms with Crippen LogP contribution in [0.2, 0.25) is 0 Å². The molecule has 1 aromatic carbocycles. The van der Waals surface area contributed by atoms with E-state index in [2.05, 4.69) is 5.32 Å². The van der Waals surface area contributed by atoms with Crippen molar-refractivity contribution in [3.63, 3.8) is 0 Å². The normalized spacial score (nSPS) is 21.2. The highest BCUT2D eigenvalue weighted by Crippen LogP contribution is 2.25. The Morgan fingerprint density at radius 2 is 2.12 bits per heavy atom. The minimum atomic E-state index is -3.09. The molecule has 1 saturated heterocycles. The van der Waals surface area contributed by atoms with E-state index in [0.717, 1.165) is 25.1 Å². The Balaban J connectivity index is 2.36. The highest BCUT2D eigenvalue weighted by molar-refractivity contribution is 7.90. The molecule has 1 fully saturated rings. The fourth-order valence-corrected chi connectivity index (χ4v) is 3.24. The van der Waals surface area contributed by atoms with E-state index in [4.69, 9.17) is 0 Å². The summed E-state index contributed by atoms with van der Waals surface area (Å²) in [6, 6.07) is 5.69. The number of benzene rings is 1. The minimum absolute atomic E-state index is 0.446. The molecule has 1 aliphatic heterocycles. The van der Waals surface area contributed by atoms with Crippen LogP contribution < -0.4 is 5.32 Å². The van der Waals surface area contributed by atoms with Crippen molar-refractivity contribution in [3.05, 3.63) is 29.3 Å². The van der Waals surface area contributed by atoms with E-state index in [0.29, 0.717) is 10.8 Å². The summed E-state index contributed by atoms with van der Waals surface area (Å²) in [4.78, 5) is 0.446. The van der Waals surface area contributed by atoms with Crippen molar-refractivity contribution < 1.29 is 8.42 Å². The average Bonchev–Trinajstić information content (AvgIpc) is 2.68. The Morgan fingerprint density at radius 1 is 1.38 bits per heavy atom. The topological polar surface area (TPSA) is 46.2 Å². The standard InChI is InChI=1S/C12H17NO2S/c1-9-7-10(11-5-6-13-8-11)3-4-12(9)16(2,14)15/h3-4,7,11,13H,5-6,8H2,1-2H3. The van der Waals surface area contributed by atoms with E-state index in [9.17, 15) is 8.42 Å². The highest BCUT2D eigenvalue weighted by atomic mass is 32.2. The molecule has 1 heterocycles. The van der Waals surface area contributed by atoms with Crippen molar-refractivity contribution in [2.24, 2.45) is 0 Å². The molecule has 4 heteroatoms. The van der Waals surface area contributed by atoms with Crippen molar-refractivity contribution in [3.8, 4) is 0 Å². The van der Waals surface area contributed by atoms with Gasteiger partial charge >= 0.3 is 0 Å². The van der Waals surface area contributed by atoms with Gasteiger partial charge in [0.1, 0.15) is 0 Å². The van der Waals surface area contributed by atoms with E-state index < -0.39 is 9.84 Å². The first-order valence-electron chi connectivity index (χ1n) is 5.50. The lowest BCUT2D eigenvalue weighted by Gasteiger charge is -2.11. The molecule has 0 amide bonds. The molecule has 2 rings (SSSR count). The van der Waals surface area contributed by atoms with Crippen LogP contribution in [0.25, 0.3) is 0 Å². The van der Waals surface area contributed by atoms with E-state index >= 15 is 0 Å². The molecule has 88 valence electrons. The third kappa shape index (κ3) is 2.28. The van der Waals surface area contributed by atoms with Crippen LogP contribution in [-0.4, -0.2) is 27.8 Å². The van der Waals surface area contributed by atoms with Crippen molar-refractivity contribution in [1.82, 2.24) is 5.32 Å². The molecule has 3 nitrogen and oxygen atoms in total. The predicted molar refractivity (Wildman–Crippen MR) is 64.5 cm³/mol. The van der Waals surface area contributed by atoms with Gasteiger partial charge in [-0.25, -0.2) is 8.42 Å². The average molecular weight is 239 g/mol. The number of aryl methyl sites for hydroxylation is 1. The summed E-state index contributed by atoms with van der Waals surface area (Å²) in [6.07, 6.45) is 2.39. The van der Waals surface area contributed by atoms with Gasteiger partial charge in [0.15, 0.2) is 9.84 Å². The first kappa shape index (κ1) is 11.6. The van der Waals surface area contributed by atoms with Crippen LogP contribution in [0.3, 0.4) is 0 Å². The van der Waals surface area contributed by atoms with Crippen LogP contribution in [0, 0.1) is 6.92 Å². The Morgan fingerprint density at radius 3 is 2.62 bits per heavy atom. The van der Waals surface area contributed by atoms with E-state index in [1.807, 2.05) is 19.1 Å². The summed E-state index contributed by atoms with van der Waals surface area (Å²) in [5, 5.41) is 3.32. The second-order valence-corrected chi connectivity index (χ2v) is 6.47. The third-order valence-electron chi connectivity index (χ3n) is 3.13. The van der Waals surface area contributed by atoms with Gasteiger partial charge in [-0.2, -0.15) is 0 Å².